The minimum Gasteiger partial charge on any atom is -0.493 e. The van der Waals surface area contributed by atoms with Crippen molar-refractivity contribution in [2.75, 3.05) is 20.8 Å². The Bertz CT molecular complexity index is 874. The van der Waals surface area contributed by atoms with Crippen LogP contribution in [0.5, 0.6) is 11.5 Å². The van der Waals surface area contributed by atoms with E-state index in [4.69, 9.17) is 14.2 Å². The summed E-state index contributed by atoms with van der Waals surface area (Å²) >= 11 is 1.53. The number of pyridine rings is 1. The molecule has 0 aliphatic rings. The lowest BCUT2D eigenvalue weighted by Crippen LogP contribution is -2.07. The van der Waals surface area contributed by atoms with Gasteiger partial charge in [0.1, 0.15) is 0 Å². The summed E-state index contributed by atoms with van der Waals surface area (Å²) in [7, 11) is 3.15. The van der Waals surface area contributed by atoms with Crippen LogP contribution in [-0.4, -0.2) is 31.8 Å². The number of rotatable bonds is 5. The fourth-order valence-electron chi connectivity index (χ4n) is 2.47. The number of hydrogen-bond donors (Lipinski definition) is 0. The molecule has 2 heterocycles. The maximum atomic E-state index is 12.4. The van der Waals surface area contributed by atoms with Gasteiger partial charge in [-0.25, -0.2) is 9.78 Å². The molecule has 0 saturated carbocycles. The highest BCUT2D eigenvalue weighted by atomic mass is 32.1. The van der Waals surface area contributed by atoms with E-state index in [-0.39, 0.29) is 5.97 Å². The van der Waals surface area contributed by atoms with E-state index in [0.717, 1.165) is 15.8 Å². The third-order valence-electron chi connectivity index (χ3n) is 3.57. The fourth-order valence-corrected chi connectivity index (χ4v) is 3.19. The molecule has 0 amide bonds. The average Bonchev–Trinajstić information content (AvgIpc) is 3.14. The average molecular weight is 343 g/mol. The van der Waals surface area contributed by atoms with Crippen molar-refractivity contribution in [3.8, 4) is 22.1 Å². The van der Waals surface area contributed by atoms with Crippen LogP contribution in [-0.2, 0) is 4.74 Å². The smallest absolute Gasteiger partial charge is 0.340 e. The van der Waals surface area contributed by atoms with E-state index in [9.17, 15) is 4.79 Å². The molecule has 0 atom stereocenters. The number of nitrogens with zero attached hydrogens (tertiary/aromatic N) is 1. The number of ether oxygens (including phenoxy) is 3. The molecule has 124 valence electrons. The first-order chi connectivity index (χ1) is 11.7. The Hall–Kier alpha value is -2.60. The lowest BCUT2D eigenvalue weighted by molar-refractivity contribution is 0.0527. The van der Waals surface area contributed by atoms with Crippen molar-refractivity contribution in [2.24, 2.45) is 0 Å². The van der Waals surface area contributed by atoms with Gasteiger partial charge in [-0.2, -0.15) is 0 Å². The van der Waals surface area contributed by atoms with Gasteiger partial charge in [-0.05, 0) is 30.5 Å². The fraction of sp³-hybridized carbons (Fsp3) is 0.222. The standard InChI is InChI=1S/C18H17NO4S/c1-4-23-18(20)12-8-11-9-14(21-2)15(22-3)10-13(11)19-17(12)16-6-5-7-24-16/h5-10H,4H2,1-3H3. The summed E-state index contributed by atoms with van der Waals surface area (Å²) in [5, 5.41) is 2.74. The van der Waals surface area contributed by atoms with Gasteiger partial charge in [0.05, 0.1) is 42.5 Å². The van der Waals surface area contributed by atoms with E-state index >= 15 is 0 Å². The van der Waals surface area contributed by atoms with Crippen LogP contribution in [0.25, 0.3) is 21.5 Å². The molecule has 6 heteroatoms. The quantitative estimate of drug-likeness (QED) is 0.651. The van der Waals surface area contributed by atoms with Crippen molar-refractivity contribution in [1.29, 1.82) is 0 Å². The Morgan fingerprint density at radius 1 is 1.17 bits per heavy atom. The molecular weight excluding hydrogens is 326 g/mol. The van der Waals surface area contributed by atoms with Crippen molar-refractivity contribution in [3.63, 3.8) is 0 Å². The minimum absolute atomic E-state index is 0.312. The predicted molar refractivity (Wildman–Crippen MR) is 94.1 cm³/mol. The molecule has 5 nitrogen and oxygen atoms in total. The van der Waals surface area contributed by atoms with Crippen LogP contribution >= 0.6 is 11.3 Å². The zero-order chi connectivity index (χ0) is 17.1. The Labute approximate surface area is 143 Å². The van der Waals surface area contributed by atoms with Gasteiger partial charge in [-0.1, -0.05) is 6.07 Å². The Kier molecular flexibility index (Phi) is 4.66. The molecule has 0 saturated heterocycles. The number of hydrogen-bond acceptors (Lipinski definition) is 6. The lowest BCUT2D eigenvalue weighted by atomic mass is 10.1. The number of carbonyl (C=O) groups is 1. The molecule has 0 fully saturated rings. The molecule has 2 aromatic heterocycles. The van der Waals surface area contributed by atoms with Crippen molar-refractivity contribution < 1.29 is 19.0 Å². The van der Waals surface area contributed by atoms with Crippen LogP contribution in [0.2, 0.25) is 0 Å². The highest BCUT2D eigenvalue weighted by Gasteiger charge is 2.19. The maximum Gasteiger partial charge on any atom is 0.340 e. The van der Waals surface area contributed by atoms with E-state index in [1.165, 1.54) is 11.3 Å². The summed E-state index contributed by atoms with van der Waals surface area (Å²) in [6.07, 6.45) is 0. The molecule has 0 aliphatic heterocycles. The first-order valence-electron chi connectivity index (χ1n) is 7.45. The van der Waals surface area contributed by atoms with Gasteiger partial charge in [0.15, 0.2) is 11.5 Å². The maximum absolute atomic E-state index is 12.4. The second-order valence-corrected chi connectivity index (χ2v) is 5.93. The summed E-state index contributed by atoms with van der Waals surface area (Å²) in [6.45, 7) is 2.10. The molecule has 3 aromatic rings. The summed E-state index contributed by atoms with van der Waals surface area (Å²) in [5.74, 6) is 0.800. The SMILES string of the molecule is CCOC(=O)c1cc2cc(OC)c(OC)cc2nc1-c1cccs1. The van der Waals surface area contributed by atoms with E-state index < -0.39 is 0 Å². The van der Waals surface area contributed by atoms with Crippen molar-refractivity contribution in [2.45, 2.75) is 6.92 Å². The highest BCUT2D eigenvalue weighted by Crippen LogP contribution is 2.35. The molecule has 0 N–H and O–H groups in total. The van der Waals surface area contributed by atoms with Crippen LogP contribution in [0.15, 0.2) is 35.7 Å². The number of carbonyl (C=O) groups excluding carboxylic acids is 1. The Morgan fingerprint density at radius 2 is 1.92 bits per heavy atom. The first kappa shape index (κ1) is 16.3. The van der Waals surface area contributed by atoms with Crippen LogP contribution in [0.4, 0.5) is 0 Å². The molecule has 0 bridgehead atoms. The topological polar surface area (TPSA) is 57.7 Å². The van der Waals surface area contributed by atoms with Gasteiger partial charge in [0.25, 0.3) is 0 Å². The van der Waals surface area contributed by atoms with E-state index in [1.807, 2.05) is 23.6 Å². The number of methoxy groups -OCH3 is 2. The van der Waals surface area contributed by atoms with Gasteiger partial charge in [0.2, 0.25) is 0 Å². The second-order valence-electron chi connectivity index (χ2n) is 4.98. The van der Waals surface area contributed by atoms with Crippen molar-refractivity contribution >= 4 is 28.2 Å². The molecule has 0 radical (unpaired) electrons. The number of fused-ring (bicyclic) bond motifs is 1. The Balaban J connectivity index is 2.26. The van der Waals surface area contributed by atoms with E-state index in [0.29, 0.717) is 29.4 Å². The monoisotopic (exact) mass is 343 g/mol. The zero-order valence-electron chi connectivity index (χ0n) is 13.7. The third-order valence-corrected chi connectivity index (χ3v) is 4.45. The molecular formula is C18H17NO4S. The number of aromatic nitrogens is 1. The van der Waals surface area contributed by atoms with E-state index in [2.05, 4.69) is 4.98 Å². The predicted octanol–water partition coefficient (Wildman–Crippen LogP) is 4.16. The third kappa shape index (κ3) is 2.92. The van der Waals surface area contributed by atoms with Crippen molar-refractivity contribution in [3.05, 3.63) is 41.3 Å². The van der Waals surface area contributed by atoms with Crippen LogP contribution in [0.1, 0.15) is 17.3 Å². The summed E-state index contributed by atoms with van der Waals surface area (Å²) in [5.41, 5.74) is 1.78. The molecule has 24 heavy (non-hydrogen) atoms. The van der Waals surface area contributed by atoms with Crippen molar-refractivity contribution in [1.82, 2.24) is 4.98 Å². The largest absolute Gasteiger partial charge is 0.493 e. The summed E-state index contributed by atoms with van der Waals surface area (Å²) < 4.78 is 15.9. The minimum atomic E-state index is -0.384. The lowest BCUT2D eigenvalue weighted by Gasteiger charge is -2.12. The molecule has 0 spiro atoms. The highest BCUT2D eigenvalue weighted by molar-refractivity contribution is 7.13. The van der Waals surface area contributed by atoms with Gasteiger partial charge >= 0.3 is 5.97 Å². The Morgan fingerprint density at radius 3 is 2.54 bits per heavy atom. The number of thiophene rings is 1. The van der Waals surface area contributed by atoms with Gasteiger partial charge in [0, 0.05) is 11.5 Å². The summed E-state index contributed by atoms with van der Waals surface area (Å²) in [4.78, 5) is 18.0. The summed E-state index contributed by atoms with van der Waals surface area (Å²) in [6, 6.07) is 9.26. The number of benzene rings is 1. The van der Waals surface area contributed by atoms with Crippen LogP contribution in [0.3, 0.4) is 0 Å². The van der Waals surface area contributed by atoms with E-state index in [1.54, 1.807) is 33.3 Å². The first-order valence-corrected chi connectivity index (χ1v) is 8.33. The van der Waals surface area contributed by atoms with Gasteiger partial charge in [-0.15, -0.1) is 11.3 Å². The molecule has 0 unspecified atom stereocenters. The number of esters is 1. The molecule has 0 aliphatic carbocycles. The van der Waals surface area contributed by atoms with Gasteiger partial charge in [-0.3, -0.25) is 0 Å². The molecule has 1 aromatic carbocycles. The molecule has 3 rings (SSSR count). The van der Waals surface area contributed by atoms with Crippen LogP contribution in [0, 0.1) is 0 Å². The normalized spacial score (nSPS) is 10.6. The van der Waals surface area contributed by atoms with Crippen LogP contribution < -0.4 is 9.47 Å². The zero-order valence-corrected chi connectivity index (χ0v) is 14.5. The van der Waals surface area contributed by atoms with Gasteiger partial charge < -0.3 is 14.2 Å². The second kappa shape index (κ2) is 6.88.